The van der Waals surface area contributed by atoms with Gasteiger partial charge in [0.2, 0.25) is 0 Å². The van der Waals surface area contributed by atoms with Crippen molar-refractivity contribution >= 4 is 0 Å². The van der Waals surface area contributed by atoms with E-state index in [0.29, 0.717) is 6.04 Å². The van der Waals surface area contributed by atoms with Gasteiger partial charge in [-0.05, 0) is 32.2 Å². The molecule has 4 heterocycles. The number of hydrogen-bond donors (Lipinski definition) is 1. The van der Waals surface area contributed by atoms with Crippen LogP contribution in [0.25, 0.3) is 0 Å². The summed E-state index contributed by atoms with van der Waals surface area (Å²) in [7, 11) is 0. The van der Waals surface area contributed by atoms with Crippen LogP contribution in [0.2, 0.25) is 0 Å². The van der Waals surface area contributed by atoms with Crippen molar-refractivity contribution in [1.82, 2.24) is 25.2 Å². The molecule has 1 N–H and O–H groups in total. The molecule has 5 nitrogen and oxygen atoms in total. The zero-order valence-electron chi connectivity index (χ0n) is 10.8. The van der Waals surface area contributed by atoms with Crippen molar-refractivity contribution in [2.45, 2.75) is 50.7 Å². The molecule has 18 heavy (non-hydrogen) atoms. The summed E-state index contributed by atoms with van der Waals surface area (Å²) in [6.45, 7) is 4.54. The van der Waals surface area contributed by atoms with Crippen molar-refractivity contribution in [2.75, 3.05) is 19.6 Å². The standard InChI is InChI=1S/C13H21N5/c1-2-10-8-11(4-7-17(10)6-1)18-13-3-5-14-9-12(13)15-16-18/h10-11,14H,1-9H2. The number of hydrogen-bond acceptors (Lipinski definition) is 4. The van der Waals surface area contributed by atoms with Crippen LogP contribution in [0.4, 0.5) is 0 Å². The van der Waals surface area contributed by atoms with E-state index >= 15 is 0 Å². The lowest BCUT2D eigenvalue weighted by molar-refractivity contribution is 0.146. The van der Waals surface area contributed by atoms with Gasteiger partial charge in [-0.15, -0.1) is 5.10 Å². The van der Waals surface area contributed by atoms with Crippen LogP contribution in [0.5, 0.6) is 0 Å². The van der Waals surface area contributed by atoms with Crippen molar-refractivity contribution in [2.24, 2.45) is 0 Å². The summed E-state index contributed by atoms with van der Waals surface area (Å²) in [6.07, 6.45) is 6.39. The number of rotatable bonds is 1. The van der Waals surface area contributed by atoms with Crippen molar-refractivity contribution in [3.63, 3.8) is 0 Å². The lowest BCUT2D eigenvalue weighted by atomic mass is 9.97. The van der Waals surface area contributed by atoms with Crippen LogP contribution in [0.1, 0.15) is 43.1 Å². The van der Waals surface area contributed by atoms with Gasteiger partial charge in [0.1, 0.15) is 0 Å². The van der Waals surface area contributed by atoms with Gasteiger partial charge in [-0.2, -0.15) is 0 Å². The summed E-state index contributed by atoms with van der Waals surface area (Å²) in [4.78, 5) is 2.67. The second-order valence-electron chi connectivity index (χ2n) is 5.86. The van der Waals surface area contributed by atoms with Crippen LogP contribution in [0, 0.1) is 0 Å². The largest absolute Gasteiger partial charge is 0.311 e. The highest BCUT2D eigenvalue weighted by Crippen LogP contribution is 2.33. The van der Waals surface area contributed by atoms with Gasteiger partial charge in [0.15, 0.2) is 0 Å². The third kappa shape index (κ3) is 1.68. The van der Waals surface area contributed by atoms with Crippen molar-refractivity contribution in [1.29, 1.82) is 0 Å². The molecule has 4 rings (SSSR count). The van der Waals surface area contributed by atoms with Crippen molar-refractivity contribution < 1.29 is 0 Å². The zero-order valence-corrected chi connectivity index (χ0v) is 10.8. The van der Waals surface area contributed by atoms with Crippen molar-refractivity contribution in [3.8, 4) is 0 Å². The first kappa shape index (κ1) is 10.9. The molecule has 5 heteroatoms. The zero-order chi connectivity index (χ0) is 11.9. The maximum Gasteiger partial charge on any atom is 0.0997 e. The fraction of sp³-hybridized carbons (Fsp3) is 0.846. The molecule has 3 aliphatic rings. The first-order chi connectivity index (χ1) is 8.92. The van der Waals surface area contributed by atoms with E-state index in [-0.39, 0.29) is 0 Å². The molecule has 2 fully saturated rings. The summed E-state index contributed by atoms with van der Waals surface area (Å²) in [5.41, 5.74) is 2.57. The molecular formula is C13H21N5. The third-order valence-electron chi connectivity index (χ3n) is 4.84. The second-order valence-corrected chi connectivity index (χ2v) is 5.86. The molecule has 0 radical (unpaired) electrons. The predicted octanol–water partition coefficient (Wildman–Crippen LogP) is 0.723. The SMILES string of the molecule is C1CC2CC(n3nnc4c3CCNC4)CCN2C1. The quantitative estimate of drug-likeness (QED) is 0.794. The van der Waals surface area contributed by atoms with E-state index in [9.17, 15) is 0 Å². The number of piperidine rings is 1. The van der Waals surface area contributed by atoms with E-state index in [4.69, 9.17) is 0 Å². The average Bonchev–Trinajstić information content (AvgIpc) is 3.04. The average molecular weight is 247 g/mol. The molecule has 2 saturated heterocycles. The molecule has 0 saturated carbocycles. The van der Waals surface area contributed by atoms with E-state index < -0.39 is 0 Å². The van der Waals surface area contributed by atoms with Crippen molar-refractivity contribution in [3.05, 3.63) is 11.4 Å². The fourth-order valence-corrected chi connectivity index (χ4v) is 3.87. The number of fused-ring (bicyclic) bond motifs is 2. The van der Waals surface area contributed by atoms with Crippen LogP contribution in [-0.2, 0) is 13.0 Å². The Morgan fingerprint density at radius 1 is 1.17 bits per heavy atom. The Kier molecular flexibility index (Phi) is 2.62. The summed E-state index contributed by atoms with van der Waals surface area (Å²) in [5.74, 6) is 0. The summed E-state index contributed by atoms with van der Waals surface area (Å²) < 4.78 is 2.26. The highest BCUT2D eigenvalue weighted by atomic mass is 15.5. The number of nitrogens with one attached hydrogen (secondary N) is 1. The van der Waals surface area contributed by atoms with Crippen LogP contribution < -0.4 is 5.32 Å². The molecule has 2 atom stereocenters. The number of nitrogens with zero attached hydrogens (tertiary/aromatic N) is 4. The van der Waals surface area contributed by atoms with Gasteiger partial charge < -0.3 is 10.2 Å². The Labute approximate surface area is 108 Å². The lowest BCUT2D eigenvalue weighted by Crippen LogP contribution is -2.39. The monoisotopic (exact) mass is 247 g/mol. The molecule has 98 valence electrons. The topological polar surface area (TPSA) is 46.0 Å². The van der Waals surface area contributed by atoms with Crippen LogP contribution in [0.3, 0.4) is 0 Å². The first-order valence-corrected chi connectivity index (χ1v) is 7.29. The lowest BCUT2D eigenvalue weighted by Gasteiger charge is -2.35. The van der Waals surface area contributed by atoms with E-state index in [1.807, 2.05) is 0 Å². The number of aromatic nitrogens is 3. The van der Waals surface area contributed by atoms with Crippen LogP contribution >= 0.6 is 0 Å². The van der Waals surface area contributed by atoms with Crippen LogP contribution in [-0.4, -0.2) is 45.6 Å². The maximum atomic E-state index is 4.44. The van der Waals surface area contributed by atoms with Gasteiger partial charge in [-0.1, -0.05) is 5.21 Å². The Bertz CT molecular complexity index is 441. The van der Waals surface area contributed by atoms with Gasteiger partial charge in [0, 0.05) is 32.1 Å². The van der Waals surface area contributed by atoms with Crippen LogP contribution in [0.15, 0.2) is 0 Å². The van der Waals surface area contributed by atoms with Gasteiger partial charge in [-0.25, -0.2) is 4.68 Å². The van der Waals surface area contributed by atoms with Gasteiger partial charge in [0.25, 0.3) is 0 Å². The minimum atomic E-state index is 0.596. The minimum absolute atomic E-state index is 0.596. The first-order valence-electron chi connectivity index (χ1n) is 7.29. The Morgan fingerprint density at radius 2 is 2.17 bits per heavy atom. The Balaban J connectivity index is 1.58. The highest BCUT2D eigenvalue weighted by molar-refractivity contribution is 5.14. The predicted molar refractivity (Wildman–Crippen MR) is 68.3 cm³/mol. The molecular weight excluding hydrogens is 226 g/mol. The molecule has 0 bridgehead atoms. The van der Waals surface area contributed by atoms with Gasteiger partial charge >= 0.3 is 0 Å². The van der Waals surface area contributed by atoms with E-state index in [2.05, 4.69) is 25.2 Å². The molecule has 1 aromatic heterocycles. The maximum absolute atomic E-state index is 4.44. The molecule has 3 aliphatic heterocycles. The normalized spacial score (nSPS) is 32.2. The Morgan fingerprint density at radius 3 is 3.17 bits per heavy atom. The molecule has 0 spiro atoms. The summed E-state index contributed by atoms with van der Waals surface area (Å²) in [6, 6.07) is 1.41. The highest BCUT2D eigenvalue weighted by Gasteiger charge is 2.34. The molecule has 0 aliphatic carbocycles. The van der Waals surface area contributed by atoms with Gasteiger partial charge in [-0.3, -0.25) is 0 Å². The molecule has 0 aromatic carbocycles. The minimum Gasteiger partial charge on any atom is -0.311 e. The third-order valence-corrected chi connectivity index (χ3v) is 4.84. The van der Waals surface area contributed by atoms with E-state index in [0.717, 1.165) is 25.6 Å². The molecule has 0 amide bonds. The second kappa shape index (κ2) is 4.31. The van der Waals surface area contributed by atoms with E-state index in [1.54, 1.807) is 0 Å². The summed E-state index contributed by atoms with van der Waals surface area (Å²) in [5, 5.41) is 12.2. The molecule has 1 aromatic rings. The van der Waals surface area contributed by atoms with Gasteiger partial charge in [0.05, 0.1) is 17.4 Å². The smallest absolute Gasteiger partial charge is 0.0997 e. The summed E-state index contributed by atoms with van der Waals surface area (Å²) >= 11 is 0. The Hall–Kier alpha value is -0.940. The molecule has 2 unspecified atom stereocenters. The fourth-order valence-electron chi connectivity index (χ4n) is 3.87. The van der Waals surface area contributed by atoms with E-state index in [1.165, 1.54) is 50.2 Å².